The Kier molecular flexibility index (Phi) is 4.82. The highest BCUT2D eigenvalue weighted by Gasteiger charge is 2.08. The van der Waals surface area contributed by atoms with Crippen molar-refractivity contribution in [3.05, 3.63) is 59.4 Å². The Morgan fingerprint density at radius 3 is 2.48 bits per heavy atom. The molecule has 2 aromatic carbocycles. The van der Waals surface area contributed by atoms with Gasteiger partial charge in [0.1, 0.15) is 12.1 Å². The summed E-state index contributed by atoms with van der Waals surface area (Å²) in [4.78, 5) is 21.7. The van der Waals surface area contributed by atoms with Gasteiger partial charge >= 0.3 is 5.97 Å². The first-order valence-corrected chi connectivity index (χ1v) is 6.55. The van der Waals surface area contributed by atoms with Gasteiger partial charge in [-0.2, -0.15) is 0 Å². The molecule has 2 aromatic rings. The highest BCUT2D eigenvalue weighted by molar-refractivity contribution is 5.77. The van der Waals surface area contributed by atoms with Crippen molar-refractivity contribution in [3.8, 4) is 11.1 Å². The fourth-order valence-corrected chi connectivity index (χ4v) is 2.04. The first-order valence-electron chi connectivity index (χ1n) is 6.55. The number of carbonyl (C=O) groups excluding carboxylic acids is 2. The van der Waals surface area contributed by atoms with Crippen LogP contribution in [0, 0.1) is 5.82 Å². The molecular formula is C17H15FO3. The molecule has 0 fully saturated rings. The third-order valence-electron chi connectivity index (χ3n) is 3.24. The van der Waals surface area contributed by atoms with E-state index in [1.54, 1.807) is 36.4 Å². The van der Waals surface area contributed by atoms with Crippen molar-refractivity contribution in [2.75, 3.05) is 7.11 Å². The number of halogens is 1. The topological polar surface area (TPSA) is 43.4 Å². The zero-order valence-corrected chi connectivity index (χ0v) is 11.6. The van der Waals surface area contributed by atoms with Crippen LogP contribution < -0.4 is 0 Å². The molecule has 0 atom stereocenters. The second-order valence-electron chi connectivity index (χ2n) is 4.63. The molecule has 0 heterocycles. The number of ether oxygens (including phenoxy) is 1. The summed E-state index contributed by atoms with van der Waals surface area (Å²) in [6, 6.07) is 11.6. The lowest BCUT2D eigenvalue weighted by atomic mass is 10.0. The lowest BCUT2D eigenvalue weighted by Gasteiger charge is -2.07. The molecule has 0 radical (unpaired) electrons. The van der Waals surface area contributed by atoms with Crippen molar-refractivity contribution < 1.29 is 18.7 Å². The molecule has 0 N–H and O–H groups in total. The van der Waals surface area contributed by atoms with Crippen LogP contribution in [0.4, 0.5) is 4.39 Å². The molecule has 108 valence electrons. The third-order valence-corrected chi connectivity index (χ3v) is 3.24. The SMILES string of the molecule is COC(=O)CCc1ccc(-c2ccc(C=O)cc2)c(F)c1. The van der Waals surface area contributed by atoms with Crippen LogP contribution in [0.1, 0.15) is 22.3 Å². The summed E-state index contributed by atoms with van der Waals surface area (Å²) in [5, 5.41) is 0. The van der Waals surface area contributed by atoms with E-state index in [0.29, 0.717) is 23.1 Å². The van der Waals surface area contributed by atoms with E-state index in [0.717, 1.165) is 11.8 Å². The highest BCUT2D eigenvalue weighted by atomic mass is 19.1. The summed E-state index contributed by atoms with van der Waals surface area (Å²) in [6.07, 6.45) is 1.41. The number of carbonyl (C=O) groups is 2. The monoisotopic (exact) mass is 286 g/mol. The third kappa shape index (κ3) is 3.75. The van der Waals surface area contributed by atoms with Gasteiger partial charge in [-0.3, -0.25) is 9.59 Å². The standard InChI is InChI=1S/C17H15FO3/c1-21-17(20)9-5-12-4-8-15(16(18)10-12)14-6-2-13(11-19)3-7-14/h2-4,6-8,10-11H,5,9H2,1H3. The van der Waals surface area contributed by atoms with Crippen molar-refractivity contribution in [2.24, 2.45) is 0 Å². The molecule has 4 heteroatoms. The summed E-state index contributed by atoms with van der Waals surface area (Å²) in [7, 11) is 1.33. The predicted octanol–water partition coefficient (Wildman–Crippen LogP) is 3.41. The predicted molar refractivity (Wildman–Crippen MR) is 77.6 cm³/mol. The number of aldehydes is 1. The summed E-state index contributed by atoms with van der Waals surface area (Å²) in [5.74, 6) is -0.667. The molecule has 2 rings (SSSR count). The van der Waals surface area contributed by atoms with E-state index in [2.05, 4.69) is 4.74 Å². The van der Waals surface area contributed by atoms with E-state index in [4.69, 9.17) is 0 Å². The summed E-state index contributed by atoms with van der Waals surface area (Å²) in [5.41, 5.74) is 2.46. The Morgan fingerprint density at radius 1 is 1.19 bits per heavy atom. The van der Waals surface area contributed by atoms with Gasteiger partial charge in [-0.1, -0.05) is 36.4 Å². The van der Waals surface area contributed by atoms with Gasteiger partial charge in [-0.05, 0) is 23.6 Å². The van der Waals surface area contributed by atoms with Gasteiger partial charge in [-0.15, -0.1) is 0 Å². The molecule has 3 nitrogen and oxygen atoms in total. The molecular weight excluding hydrogens is 271 g/mol. The van der Waals surface area contributed by atoms with E-state index in [1.807, 2.05) is 0 Å². The minimum atomic E-state index is -0.351. The second kappa shape index (κ2) is 6.79. The molecule has 0 aromatic heterocycles. The van der Waals surface area contributed by atoms with E-state index in [1.165, 1.54) is 13.2 Å². The molecule has 0 amide bonds. The number of rotatable bonds is 5. The van der Waals surface area contributed by atoms with Crippen LogP contribution >= 0.6 is 0 Å². The smallest absolute Gasteiger partial charge is 0.305 e. The molecule has 0 aliphatic rings. The Hall–Kier alpha value is -2.49. The molecule has 21 heavy (non-hydrogen) atoms. The van der Waals surface area contributed by atoms with Crippen molar-refractivity contribution in [1.29, 1.82) is 0 Å². The van der Waals surface area contributed by atoms with Gasteiger partial charge in [0.05, 0.1) is 7.11 Å². The molecule has 0 saturated carbocycles. The first kappa shape index (κ1) is 14.9. The molecule has 0 aliphatic heterocycles. The largest absolute Gasteiger partial charge is 0.469 e. The van der Waals surface area contributed by atoms with E-state index in [-0.39, 0.29) is 18.2 Å². The van der Waals surface area contributed by atoms with Crippen LogP contribution in [0.2, 0.25) is 0 Å². The fourth-order valence-electron chi connectivity index (χ4n) is 2.04. The summed E-state index contributed by atoms with van der Waals surface area (Å²) < 4.78 is 18.7. The lowest BCUT2D eigenvalue weighted by Crippen LogP contribution is -2.02. The number of benzene rings is 2. The zero-order valence-electron chi connectivity index (χ0n) is 11.6. The van der Waals surface area contributed by atoms with Gasteiger partial charge in [0.25, 0.3) is 0 Å². The minimum Gasteiger partial charge on any atom is -0.469 e. The van der Waals surface area contributed by atoms with Crippen LogP contribution in [0.25, 0.3) is 11.1 Å². The quantitative estimate of drug-likeness (QED) is 0.625. The molecule has 0 unspecified atom stereocenters. The number of hydrogen-bond donors (Lipinski definition) is 0. The fraction of sp³-hybridized carbons (Fsp3) is 0.176. The maximum absolute atomic E-state index is 14.1. The average Bonchev–Trinajstić information content (AvgIpc) is 2.53. The van der Waals surface area contributed by atoms with Gasteiger partial charge in [-0.25, -0.2) is 4.39 Å². The average molecular weight is 286 g/mol. The van der Waals surface area contributed by atoms with Crippen molar-refractivity contribution in [1.82, 2.24) is 0 Å². The highest BCUT2D eigenvalue weighted by Crippen LogP contribution is 2.24. The maximum atomic E-state index is 14.1. The number of aryl methyl sites for hydroxylation is 1. The Balaban J connectivity index is 2.18. The minimum absolute atomic E-state index is 0.226. The maximum Gasteiger partial charge on any atom is 0.305 e. The molecule has 0 bridgehead atoms. The summed E-state index contributed by atoms with van der Waals surface area (Å²) in [6.45, 7) is 0. The van der Waals surface area contributed by atoms with Crippen LogP contribution in [-0.2, 0) is 16.0 Å². The van der Waals surface area contributed by atoms with E-state index < -0.39 is 0 Å². The lowest BCUT2D eigenvalue weighted by molar-refractivity contribution is -0.140. The number of hydrogen-bond acceptors (Lipinski definition) is 3. The van der Waals surface area contributed by atoms with Crippen molar-refractivity contribution in [2.45, 2.75) is 12.8 Å². The Labute approximate surface area is 122 Å². The van der Waals surface area contributed by atoms with Crippen LogP contribution in [0.5, 0.6) is 0 Å². The van der Waals surface area contributed by atoms with Crippen LogP contribution in [-0.4, -0.2) is 19.4 Å². The van der Waals surface area contributed by atoms with Crippen LogP contribution in [0.3, 0.4) is 0 Å². The Morgan fingerprint density at radius 2 is 1.90 bits per heavy atom. The first-order chi connectivity index (χ1) is 10.1. The normalized spacial score (nSPS) is 10.2. The van der Waals surface area contributed by atoms with Gasteiger partial charge in [0, 0.05) is 17.5 Å². The molecule has 0 spiro atoms. The van der Waals surface area contributed by atoms with E-state index in [9.17, 15) is 14.0 Å². The van der Waals surface area contributed by atoms with Gasteiger partial charge < -0.3 is 4.74 Å². The van der Waals surface area contributed by atoms with Crippen molar-refractivity contribution >= 4 is 12.3 Å². The Bertz CT molecular complexity index is 648. The second-order valence-corrected chi connectivity index (χ2v) is 4.63. The molecule has 0 saturated heterocycles. The van der Waals surface area contributed by atoms with Crippen LogP contribution in [0.15, 0.2) is 42.5 Å². The number of methoxy groups -OCH3 is 1. The summed E-state index contributed by atoms with van der Waals surface area (Å²) >= 11 is 0. The van der Waals surface area contributed by atoms with E-state index >= 15 is 0 Å². The van der Waals surface area contributed by atoms with Gasteiger partial charge in [0.2, 0.25) is 0 Å². The van der Waals surface area contributed by atoms with Crippen molar-refractivity contribution in [3.63, 3.8) is 0 Å². The number of esters is 1. The zero-order chi connectivity index (χ0) is 15.2. The van der Waals surface area contributed by atoms with Gasteiger partial charge in [0.15, 0.2) is 0 Å². The molecule has 0 aliphatic carbocycles.